The quantitative estimate of drug-likeness (QED) is 0.892. The Morgan fingerprint density at radius 1 is 1.26 bits per heavy atom. The SMILES string of the molecule is Cc1ccc(CC(N)C2C3C4CCC(C4)C23)c(Cl)c1. The zero-order chi connectivity index (χ0) is 13.1. The molecule has 1 aromatic rings. The Kier molecular flexibility index (Phi) is 2.72. The Labute approximate surface area is 120 Å². The van der Waals surface area contributed by atoms with E-state index in [0.29, 0.717) is 6.04 Å². The summed E-state index contributed by atoms with van der Waals surface area (Å²) in [5.74, 6) is 4.76. The van der Waals surface area contributed by atoms with Gasteiger partial charge in [-0.2, -0.15) is 0 Å². The highest BCUT2D eigenvalue weighted by Gasteiger charge is 2.65. The number of hydrogen-bond donors (Lipinski definition) is 1. The lowest BCUT2D eigenvalue weighted by Crippen LogP contribution is -2.28. The molecule has 2 bridgehead atoms. The fraction of sp³-hybridized carbons (Fsp3) is 0.647. The van der Waals surface area contributed by atoms with Gasteiger partial charge in [-0.25, -0.2) is 0 Å². The monoisotopic (exact) mass is 275 g/mol. The number of hydrogen-bond acceptors (Lipinski definition) is 1. The third-order valence-electron chi connectivity index (χ3n) is 5.95. The van der Waals surface area contributed by atoms with Crippen LogP contribution in [-0.4, -0.2) is 6.04 Å². The van der Waals surface area contributed by atoms with Gasteiger partial charge in [-0.1, -0.05) is 23.7 Å². The Morgan fingerprint density at radius 2 is 1.95 bits per heavy atom. The van der Waals surface area contributed by atoms with Crippen molar-refractivity contribution in [3.63, 3.8) is 0 Å². The summed E-state index contributed by atoms with van der Waals surface area (Å²) in [6.07, 6.45) is 5.40. The fourth-order valence-corrected chi connectivity index (χ4v) is 5.48. The fourth-order valence-electron chi connectivity index (χ4n) is 5.17. The molecule has 1 nitrogen and oxygen atoms in total. The molecule has 3 aliphatic rings. The molecule has 3 aliphatic carbocycles. The van der Waals surface area contributed by atoms with E-state index in [0.717, 1.165) is 41.0 Å². The van der Waals surface area contributed by atoms with Crippen molar-refractivity contribution in [1.82, 2.24) is 0 Å². The van der Waals surface area contributed by atoms with Gasteiger partial charge in [0.1, 0.15) is 0 Å². The van der Waals surface area contributed by atoms with E-state index in [2.05, 4.69) is 25.1 Å². The molecule has 0 spiro atoms. The Balaban J connectivity index is 1.47. The van der Waals surface area contributed by atoms with E-state index < -0.39 is 0 Å². The standard InChI is InChI=1S/C17H22ClN/c1-9-2-3-10(13(18)6-9)8-14(19)17-15-11-4-5-12(7-11)16(15)17/h2-3,6,11-12,14-17H,4-5,7-8,19H2,1H3. The summed E-state index contributed by atoms with van der Waals surface area (Å²) < 4.78 is 0. The first kappa shape index (κ1) is 12.2. The van der Waals surface area contributed by atoms with Crippen molar-refractivity contribution in [3.8, 4) is 0 Å². The third-order valence-corrected chi connectivity index (χ3v) is 6.31. The van der Waals surface area contributed by atoms with Crippen LogP contribution in [0, 0.1) is 36.5 Å². The van der Waals surface area contributed by atoms with Crippen LogP contribution in [0.1, 0.15) is 30.4 Å². The molecular weight excluding hydrogens is 254 g/mol. The van der Waals surface area contributed by atoms with E-state index in [1.54, 1.807) is 0 Å². The predicted molar refractivity (Wildman–Crippen MR) is 79.2 cm³/mol. The first-order valence-electron chi connectivity index (χ1n) is 7.66. The molecule has 4 rings (SSSR count). The average Bonchev–Trinajstić information content (AvgIpc) is 2.82. The van der Waals surface area contributed by atoms with Crippen molar-refractivity contribution < 1.29 is 0 Å². The van der Waals surface area contributed by atoms with Crippen LogP contribution in [-0.2, 0) is 6.42 Å². The minimum absolute atomic E-state index is 0.318. The van der Waals surface area contributed by atoms with E-state index in [1.165, 1.54) is 30.4 Å². The summed E-state index contributed by atoms with van der Waals surface area (Å²) in [7, 11) is 0. The zero-order valence-corrected chi connectivity index (χ0v) is 12.2. The van der Waals surface area contributed by atoms with Gasteiger partial charge in [-0.3, -0.25) is 0 Å². The highest BCUT2D eigenvalue weighted by Crippen LogP contribution is 2.70. The number of halogens is 1. The molecule has 2 N–H and O–H groups in total. The maximum Gasteiger partial charge on any atom is 0.0441 e. The average molecular weight is 276 g/mol. The molecule has 0 saturated heterocycles. The van der Waals surface area contributed by atoms with Gasteiger partial charge in [0, 0.05) is 11.1 Å². The molecule has 2 heteroatoms. The summed E-state index contributed by atoms with van der Waals surface area (Å²) in [5.41, 5.74) is 8.96. The first-order valence-corrected chi connectivity index (χ1v) is 8.03. The number of fused-ring (bicyclic) bond motifs is 5. The van der Waals surface area contributed by atoms with Gasteiger partial charge in [-0.05, 0) is 79.4 Å². The molecule has 0 radical (unpaired) electrons. The summed E-state index contributed by atoms with van der Waals surface area (Å²) in [5, 5.41) is 0.893. The topological polar surface area (TPSA) is 26.0 Å². The normalized spacial score (nSPS) is 40.3. The van der Waals surface area contributed by atoms with Crippen molar-refractivity contribution in [3.05, 3.63) is 34.3 Å². The van der Waals surface area contributed by atoms with Gasteiger partial charge < -0.3 is 5.73 Å². The molecule has 3 saturated carbocycles. The van der Waals surface area contributed by atoms with Crippen LogP contribution < -0.4 is 5.73 Å². The maximum absolute atomic E-state index is 6.50. The Hall–Kier alpha value is -0.530. The molecule has 102 valence electrons. The van der Waals surface area contributed by atoms with E-state index in [1.807, 2.05) is 0 Å². The van der Waals surface area contributed by atoms with Gasteiger partial charge in [0.05, 0.1) is 0 Å². The minimum atomic E-state index is 0.318. The van der Waals surface area contributed by atoms with Crippen LogP contribution in [0.5, 0.6) is 0 Å². The zero-order valence-electron chi connectivity index (χ0n) is 11.5. The van der Waals surface area contributed by atoms with Crippen LogP contribution in [0.15, 0.2) is 18.2 Å². The van der Waals surface area contributed by atoms with E-state index in [9.17, 15) is 0 Å². The van der Waals surface area contributed by atoms with Crippen LogP contribution in [0.2, 0.25) is 5.02 Å². The lowest BCUT2D eigenvalue weighted by Gasteiger charge is -2.17. The summed E-state index contributed by atoms with van der Waals surface area (Å²) in [6.45, 7) is 2.08. The second kappa shape index (κ2) is 4.23. The highest BCUT2D eigenvalue weighted by molar-refractivity contribution is 6.31. The highest BCUT2D eigenvalue weighted by atomic mass is 35.5. The van der Waals surface area contributed by atoms with Gasteiger partial charge >= 0.3 is 0 Å². The van der Waals surface area contributed by atoms with Crippen LogP contribution in [0.4, 0.5) is 0 Å². The van der Waals surface area contributed by atoms with Crippen molar-refractivity contribution in [2.75, 3.05) is 0 Å². The van der Waals surface area contributed by atoms with E-state index in [4.69, 9.17) is 17.3 Å². The number of aryl methyl sites for hydroxylation is 1. The van der Waals surface area contributed by atoms with Gasteiger partial charge in [0.15, 0.2) is 0 Å². The van der Waals surface area contributed by atoms with Crippen LogP contribution in [0.25, 0.3) is 0 Å². The Morgan fingerprint density at radius 3 is 2.58 bits per heavy atom. The molecule has 5 unspecified atom stereocenters. The maximum atomic E-state index is 6.50. The molecule has 1 aromatic carbocycles. The Bertz CT molecular complexity index is 496. The van der Waals surface area contributed by atoms with E-state index in [-0.39, 0.29) is 0 Å². The summed E-state index contributed by atoms with van der Waals surface area (Å²) in [4.78, 5) is 0. The lowest BCUT2D eigenvalue weighted by atomic mass is 9.93. The number of benzene rings is 1. The van der Waals surface area contributed by atoms with E-state index >= 15 is 0 Å². The van der Waals surface area contributed by atoms with Crippen molar-refractivity contribution >= 4 is 11.6 Å². The summed E-state index contributed by atoms with van der Waals surface area (Å²) in [6, 6.07) is 6.68. The van der Waals surface area contributed by atoms with Crippen molar-refractivity contribution in [2.24, 2.45) is 35.3 Å². The molecule has 0 heterocycles. The largest absolute Gasteiger partial charge is 0.327 e. The first-order chi connectivity index (χ1) is 9.15. The molecule has 0 aromatic heterocycles. The smallest absolute Gasteiger partial charge is 0.0441 e. The lowest BCUT2D eigenvalue weighted by molar-refractivity contribution is 0.409. The second-order valence-corrected chi connectivity index (χ2v) is 7.44. The number of rotatable bonds is 3. The van der Waals surface area contributed by atoms with Gasteiger partial charge in [-0.15, -0.1) is 0 Å². The van der Waals surface area contributed by atoms with Crippen LogP contribution >= 0.6 is 11.6 Å². The molecule has 3 fully saturated rings. The van der Waals surface area contributed by atoms with Gasteiger partial charge in [0.2, 0.25) is 0 Å². The second-order valence-electron chi connectivity index (χ2n) is 7.03. The third kappa shape index (κ3) is 1.86. The van der Waals surface area contributed by atoms with Gasteiger partial charge in [0.25, 0.3) is 0 Å². The summed E-state index contributed by atoms with van der Waals surface area (Å²) >= 11 is 6.33. The number of nitrogens with two attached hydrogens (primary N) is 1. The van der Waals surface area contributed by atoms with Crippen LogP contribution in [0.3, 0.4) is 0 Å². The minimum Gasteiger partial charge on any atom is -0.327 e. The molecule has 5 atom stereocenters. The molecule has 0 amide bonds. The molecule has 0 aliphatic heterocycles. The van der Waals surface area contributed by atoms with Crippen molar-refractivity contribution in [2.45, 2.75) is 38.6 Å². The predicted octanol–water partition coefficient (Wildman–Crippen LogP) is 3.81. The van der Waals surface area contributed by atoms with Crippen molar-refractivity contribution in [1.29, 1.82) is 0 Å². The molecule has 19 heavy (non-hydrogen) atoms. The molecular formula is C17H22ClN.